The summed E-state index contributed by atoms with van der Waals surface area (Å²) in [4.78, 5) is 21.8. The molecule has 0 unspecified atom stereocenters. The summed E-state index contributed by atoms with van der Waals surface area (Å²) in [6, 6.07) is 14.7. The number of carbonyl (C=O) groups excluding carboxylic acids is 1. The topological polar surface area (TPSA) is 103 Å². The summed E-state index contributed by atoms with van der Waals surface area (Å²) < 4.78 is 2.10. The van der Waals surface area contributed by atoms with Crippen LogP contribution in [0.5, 0.6) is 0 Å². The predicted molar refractivity (Wildman–Crippen MR) is 142 cm³/mol. The fraction of sp³-hybridized carbons (Fsp3) is 0.423. The normalized spacial score (nSPS) is 15.1. The molecule has 0 aliphatic carbocycles. The van der Waals surface area contributed by atoms with Gasteiger partial charge in [-0.1, -0.05) is 24.3 Å². The van der Waals surface area contributed by atoms with Crippen LogP contribution < -0.4 is 11.1 Å². The number of nitrogens with one attached hydrogen (secondary N) is 2. The summed E-state index contributed by atoms with van der Waals surface area (Å²) >= 11 is 5.94. The van der Waals surface area contributed by atoms with E-state index in [0.717, 1.165) is 66.9 Å². The Hall–Kier alpha value is -2.94. The molecule has 1 fully saturated rings. The van der Waals surface area contributed by atoms with Crippen molar-refractivity contribution in [2.24, 2.45) is 12.8 Å². The van der Waals surface area contributed by atoms with Gasteiger partial charge >= 0.3 is 0 Å². The Morgan fingerprint density at radius 1 is 1.20 bits per heavy atom. The molecule has 2 heterocycles. The first kappa shape index (κ1) is 25.2. The van der Waals surface area contributed by atoms with Gasteiger partial charge in [-0.2, -0.15) is 0 Å². The van der Waals surface area contributed by atoms with Gasteiger partial charge in [0.05, 0.1) is 23.6 Å². The largest absolute Gasteiger partial charge is 0.384 e. The number of piperidine rings is 1. The smallest absolute Gasteiger partial charge is 0.238 e. The van der Waals surface area contributed by atoms with Gasteiger partial charge in [0, 0.05) is 43.9 Å². The van der Waals surface area contributed by atoms with E-state index in [2.05, 4.69) is 19.7 Å². The van der Waals surface area contributed by atoms with Crippen molar-refractivity contribution in [1.29, 1.82) is 5.41 Å². The van der Waals surface area contributed by atoms with E-state index in [0.29, 0.717) is 18.6 Å². The average molecular weight is 496 g/mol. The summed E-state index contributed by atoms with van der Waals surface area (Å²) in [5, 5.41) is 10.6. The van der Waals surface area contributed by atoms with Crippen LogP contribution in [0.3, 0.4) is 0 Å². The molecule has 1 amide bonds. The quantitative estimate of drug-likeness (QED) is 0.183. The maximum Gasteiger partial charge on any atom is 0.238 e. The molecule has 1 aromatic heterocycles. The van der Waals surface area contributed by atoms with E-state index in [-0.39, 0.29) is 11.7 Å². The number of nitrogens with zero attached hydrogens (tertiary/aromatic N) is 4. The second-order valence-electron chi connectivity index (χ2n) is 9.33. The van der Waals surface area contributed by atoms with Gasteiger partial charge in [-0.05, 0) is 50.1 Å². The molecule has 186 valence electrons. The summed E-state index contributed by atoms with van der Waals surface area (Å²) in [6.45, 7) is 2.20. The third-order valence-corrected chi connectivity index (χ3v) is 7.27. The number of carbonyl (C=O) groups is 1. The highest BCUT2D eigenvalue weighted by Gasteiger charge is 2.23. The number of fused-ring (bicyclic) bond motifs is 1. The summed E-state index contributed by atoms with van der Waals surface area (Å²) in [7, 11) is 4.07. The summed E-state index contributed by atoms with van der Waals surface area (Å²) in [5.74, 6) is 1.07. The number of hydrogen-bond acceptors (Lipinski definition) is 5. The molecule has 4 N–H and O–H groups in total. The van der Waals surface area contributed by atoms with E-state index in [4.69, 9.17) is 27.7 Å². The molecule has 1 aliphatic heterocycles. The van der Waals surface area contributed by atoms with Gasteiger partial charge in [0.2, 0.25) is 5.91 Å². The van der Waals surface area contributed by atoms with Crippen molar-refractivity contribution >= 4 is 40.1 Å². The Balaban J connectivity index is 1.34. The van der Waals surface area contributed by atoms with Crippen LogP contribution in [0, 0.1) is 5.41 Å². The molecule has 9 heteroatoms. The number of aromatic nitrogens is 2. The number of hydrogen-bond donors (Lipinski definition) is 3. The minimum atomic E-state index is -0.00124. The zero-order valence-electron chi connectivity index (χ0n) is 20.4. The maximum atomic E-state index is 12.7. The van der Waals surface area contributed by atoms with Gasteiger partial charge in [0.25, 0.3) is 0 Å². The van der Waals surface area contributed by atoms with Crippen LogP contribution in [-0.2, 0) is 24.7 Å². The first-order valence-electron chi connectivity index (χ1n) is 12.0. The predicted octanol–water partition coefficient (Wildman–Crippen LogP) is 3.17. The monoisotopic (exact) mass is 495 g/mol. The number of imidazole rings is 1. The van der Waals surface area contributed by atoms with Crippen molar-refractivity contribution in [2.45, 2.75) is 31.7 Å². The van der Waals surface area contributed by atoms with Gasteiger partial charge in [-0.25, -0.2) is 4.98 Å². The SMILES string of the molecule is CN(CCl)C1CCN(CC(=O)Nc2ccc3c(c2)nc(CCc2ccc(C(=N)N)cc2)n3C)CC1. The third-order valence-electron chi connectivity index (χ3n) is 6.90. The Labute approximate surface area is 211 Å². The Bertz CT molecular complexity index is 1180. The number of halogens is 1. The number of alkyl halides is 1. The standard InChI is InChI=1S/C26H34ClN7O/c1-32(17-27)21-11-13-34(14-12-21)16-25(35)30-20-8-9-23-22(15-20)31-24(33(23)2)10-5-18-3-6-19(7-4-18)26(28)29/h3-4,6-9,15,21H,5,10-14,16-17H2,1-2H3,(H3,28,29)(H,30,35). The molecule has 0 spiro atoms. The molecular weight excluding hydrogens is 462 g/mol. The van der Waals surface area contributed by atoms with E-state index < -0.39 is 0 Å². The number of amides is 1. The van der Waals surface area contributed by atoms with Crippen molar-refractivity contribution < 1.29 is 4.79 Å². The highest BCUT2D eigenvalue weighted by molar-refractivity contribution is 6.17. The Morgan fingerprint density at radius 3 is 2.57 bits per heavy atom. The Morgan fingerprint density at radius 2 is 1.91 bits per heavy atom. The summed E-state index contributed by atoms with van der Waals surface area (Å²) in [6.07, 6.45) is 3.69. The molecule has 8 nitrogen and oxygen atoms in total. The molecule has 1 aliphatic rings. The number of likely N-dealkylation sites (tertiary alicyclic amines) is 1. The second-order valence-corrected chi connectivity index (χ2v) is 9.57. The lowest BCUT2D eigenvalue weighted by molar-refractivity contribution is -0.117. The van der Waals surface area contributed by atoms with Gasteiger partial charge in [-0.3, -0.25) is 20.0 Å². The van der Waals surface area contributed by atoms with Crippen LogP contribution in [0.15, 0.2) is 42.5 Å². The minimum Gasteiger partial charge on any atom is -0.384 e. The fourth-order valence-corrected chi connectivity index (χ4v) is 4.87. The van der Waals surface area contributed by atoms with Crippen molar-refractivity contribution in [2.75, 3.05) is 38.0 Å². The lowest BCUT2D eigenvalue weighted by Crippen LogP contribution is -2.45. The first-order chi connectivity index (χ1) is 16.8. The zero-order chi connectivity index (χ0) is 24.9. The fourth-order valence-electron chi connectivity index (χ4n) is 4.68. The van der Waals surface area contributed by atoms with Crippen LogP contribution >= 0.6 is 11.6 Å². The van der Waals surface area contributed by atoms with Crippen molar-refractivity contribution in [3.8, 4) is 0 Å². The molecule has 0 atom stereocenters. The molecule has 35 heavy (non-hydrogen) atoms. The maximum absolute atomic E-state index is 12.7. The van der Waals surface area contributed by atoms with E-state index in [1.807, 2.05) is 56.6 Å². The number of benzene rings is 2. The molecule has 0 saturated carbocycles. The van der Waals surface area contributed by atoms with Crippen LogP contribution in [0.1, 0.15) is 29.8 Å². The molecular formula is C26H34ClN7O. The number of anilines is 1. The highest BCUT2D eigenvalue weighted by Crippen LogP contribution is 2.21. The number of rotatable bonds is 9. The second kappa shape index (κ2) is 11.2. The molecule has 2 aromatic carbocycles. The van der Waals surface area contributed by atoms with Gasteiger partial charge in [0.15, 0.2) is 0 Å². The zero-order valence-corrected chi connectivity index (χ0v) is 21.2. The van der Waals surface area contributed by atoms with Crippen LogP contribution in [-0.4, -0.2) is 69.8 Å². The van der Waals surface area contributed by atoms with E-state index in [1.54, 1.807) is 0 Å². The molecule has 0 radical (unpaired) electrons. The number of nitrogen functional groups attached to an aromatic ring is 1. The van der Waals surface area contributed by atoms with E-state index >= 15 is 0 Å². The van der Waals surface area contributed by atoms with Gasteiger partial charge in [0.1, 0.15) is 11.7 Å². The lowest BCUT2D eigenvalue weighted by Gasteiger charge is -2.35. The summed E-state index contributed by atoms with van der Waals surface area (Å²) in [5.41, 5.74) is 10.1. The van der Waals surface area contributed by atoms with Crippen molar-refractivity contribution in [3.05, 3.63) is 59.4 Å². The molecule has 4 rings (SSSR count). The van der Waals surface area contributed by atoms with Gasteiger partial charge < -0.3 is 15.6 Å². The van der Waals surface area contributed by atoms with Crippen molar-refractivity contribution in [1.82, 2.24) is 19.4 Å². The number of aryl methyl sites for hydroxylation is 3. The highest BCUT2D eigenvalue weighted by atomic mass is 35.5. The van der Waals surface area contributed by atoms with Crippen molar-refractivity contribution in [3.63, 3.8) is 0 Å². The number of nitrogens with two attached hydrogens (primary N) is 1. The van der Waals surface area contributed by atoms with Crippen LogP contribution in [0.25, 0.3) is 11.0 Å². The third kappa shape index (κ3) is 6.20. The van der Waals surface area contributed by atoms with Crippen LogP contribution in [0.2, 0.25) is 0 Å². The van der Waals surface area contributed by atoms with Crippen LogP contribution in [0.4, 0.5) is 5.69 Å². The Kier molecular flexibility index (Phi) is 8.05. The van der Waals surface area contributed by atoms with Gasteiger partial charge in [-0.15, -0.1) is 11.6 Å². The van der Waals surface area contributed by atoms with E-state index in [9.17, 15) is 4.79 Å². The molecule has 1 saturated heterocycles. The number of amidine groups is 1. The first-order valence-corrected chi connectivity index (χ1v) is 12.5. The molecule has 3 aromatic rings. The minimum absolute atomic E-state index is 0.00124. The average Bonchev–Trinajstić information content (AvgIpc) is 3.17. The lowest BCUT2D eigenvalue weighted by atomic mass is 10.0. The molecule has 0 bridgehead atoms. The van der Waals surface area contributed by atoms with E-state index in [1.165, 1.54) is 5.56 Å².